The minimum atomic E-state index is 0.449. The first-order chi connectivity index (χ1) is 6.78. The average Bonchev–Trinajstić information content (AvgIpc) is 2.13. The molecule has 0 bridgehead atoms. The molecule has 0 unspecified atom stereocenters. The van der Waals surface area contributed by atoms with Gasteiger partial charge >= 0.3 is 0 Å². The van der Waals surface area contributed by atoms with Crippen LogP contribution >= 0.6 is 15.9 Å². The zero-order valence-electron chi connectivity index (χ0n) is 8.24. The normalized spacial score (nSPS) is 18.1. The molecule has 1 aromatic carbocycles. The molecule has 1 fully saturated rings. The molecule has 3 heteroatoms. The summed E-state index contributed by atoms with van der Waals surface area (Å²) in [6.45, 7) is 3.16. The van der Waals surface area contributed by atoms with E-state index in [1.165, 1.54) is 5.56 Å². The molecule has 14 heavy (non-hydrogen) atoms. The van der Waals surface area contributed by atoms with E-state index < -0.39 is 0 Å². The third kappa shape index (κ3) is 2.35. The molecule has 2 nitrogen and oxygen atoms in total. The van der Waals surface area contributed by atoms with Gasteiger partial charge in [-0.3, -0.25) is 4.90 Å². The number of halogens is 1. The molecule has 1 saturated heterocycles. The Kier molecular flexibility index (Phi) is 3.21. The van der Waals surface area contributed by atoms with Crippen molar-refractivity contribution >= 4 is 15.9 Å². The molecule has 0 amide bonds. The summed E-state index contributed by atoms with van der Waals surface area (Å²) in [5.41, 5.74) is 1.36. The van der Waals surface area contributed by atoms with Crippen molar-refractivity contribution in [3.8, 4) is 0 Å². The molecule has 0 aromatic heterocycles. The van der Waals surface area contributed by atoms with E-state index in [2.05, 4.69) is 45.1 Å². The summed E-state index contributed by atoms with van der Waals surface area (Å²) in [4.78, 5) is 2.39. The Balaban J connectivity index is 1.84. The fraction of sp³-hybridized carbons (Fsp3) is 0.455. The summed E-state index contributed by atoms with van der Waals surface area (Å²) in [6.07, 6.45) is 0.449. The first-order valence-corrected chi connectivity index (χ1v) is 5.57. The van der Waals surface area contributed by atoms with Gasteiger partial charge in [-0.15, -0.1) is 0 Å². The van der Waals surface area contributed by atoms with Crippen LogP contribution in [0.2, 0.25) is 0 Å². The second kappa shape index (κ2) is 4.43. The summed E-state index contributed by atoms with van der Waals surface area (Å²) in [6, 6.07) is 8.49. The molecule has 76 valence electrons. The van der Waals surface area contributed by atoms with Crippen LogP contribution < -0.4 is 0 Å². The van der Waals surface area contributed by atoms with Crippen molar-refractivity contribution in [2.24, 2.45) is 0 Å². The van der Waals surface area contributed by atoms with E-state index >= 15 is 0 Å². The molecule has 1 aliphatic heterocycles. The minimum absolute atomic E-state index is 0.449. The molecule has 0 aliphatic carbocycles. The van der Waals surface area contributed by atoms with Crippen LogP contribution in [0.1, 0.15) is 5.56 Å². The van der Waals surface area contributed by atoms with Crippen LogP contribution in [0, 0.1) is 0 Å². The maximum absolute atomic E-state index is 5.22. The Morgan fingerprint density at radius 2 is 2.00 bits per heavy atom. The van der Waals surface area contributed by atoms with Crippen molar-refractivity contribution in [1.29, 1.82) is 0 Å². The Morgan fingerprint density at radius 3 is 2.57 bits per heavy atom. The maximum atomic E-state index is 5.22. The van der Waals surface area contributed by atoms with E-state index in [0.717, 1.165) is 24.1 Å². The quantitative estimate of drug-likeness (QED) is 0.822. The topological polar surface area (TPSA) is 12.5 Å². The number of benzene rings is 1. The summed E-state index contributed by atoms with van der Waals surface area (Å²) in [5, 5.41) is 0. The fourth-order valence-electron chi connectivity index (χ4n) is 1.65. The predicted octanol–water partition coefficient (Wildman–Crippen LogP) is 2.28. The van der Waals surface area contributed by atoms with Crippen molar-refractivity contribution in [3.63, 3.8) is 0 Å². The van der Waals surface area contributed by atoms with E-state index in [0.29, 0.717) is 6.10 Å². The Labute approximate surface area is 93.0 Å². The highest BCUT2D eigenvalue weighted by molar-refractivity contribution is 9.10. The van der Waals surface area contributed by atoms with Crippen molar-refractivity contribution in [1.82, 2.24) is 4.90 Å². The zero-order valence-corrected chi connectivity index (χ0v) is 9.83. The number of rotatable bonds is 3. The Morgan fingerprint density at radius 1 is 1.36 bits per heavy atom. The van der Waals surface area contributed by atoms with Crippen molar-refractivity contribution in [2.45, 2.75) is 12.6 Å². The summed E-state index contributed by atoms with van der Waals surface area (Å²) < 4.78 is 6.36. The van der Waals surface area contributed by atoms with Crippen LogP contribution in [0.5, 0.6) is 0 Å². The SMILES string of the molecule is COC1CN(Cc2ccc(Br)cc2)C1. The number of hydrogen-bond donors (Lipinski definition) is 0. The Hall–Kier alpha value is -0.380. The number of hydrogen-bond acceptors (Lipinski definition) is 2. The van der Waals surface area contributed by atoms with Crippen LogP contribution in [-0.2, 0) is 11.3 Å². The van der Waals surface area contributed by atoms with Gasteiger partial charge in [-0.1, -0.05) is 28.1 Å². The molecule has 1 aromatic rings. The van der Waals surface area contributed by atoms with Gasteiger partial charge in [0.15, 0.2) is 0 Å². The molecule has 1 heterocycles. The lowest BCUT2D eigenvalue weighted by atomic mass is 10.1. The van der Waals surface area contributed by atoms with Crippen molar-refractivity contribution in [3.05, 3.63) is 34.3 Å². The number of likely N-dealkylation sites (tertiary alicyclic amines) is 1. The highest BCUT2D eigenvalue weighted by Crippen LogP contribution is 2.16. The van der Waals surface area contributed by atoms with Gasteiger partial charge in [-0.2, -0.15) is 0 Å². The lowest BCUT2D eigenvalue weighted by Gasteiger charge is -2.38. The summed E-state index contributed by atoms with van der Waals surface area (Å²) in [5.74, 6) is 0. The van der Waals surface area contributed by atoms with E-state index in [-0.39, 0.29) is 0 Å². The Bertz CT molecular complexity index is 293. The van der Waals surface area contributed by atoms with Gasteiger partial charge in [0.25, 0.3) is 0 Å². The van der Waals surface area contributed by atoms with Crippen LogP contribution in [0.15, 0.2) is 28.7 Å². The molecule has 0 spiro atoms. The van der Waals surface area contributed by atoms with Crippen LogP contribution in [0.4, 0.5) is 0 Å². The van der Waals surface area contributed by atoms with Gasteiger partial charge in [0.1, 0.15) is 0 Å². The van der Waals surface area contributed by atoms with E-state index in [1.54, 1.807) is 7.11 Å². The molecule has 2 rings (SSSR count). The first-order valence-electron chi connectivity index (χ1n) is 4.77. The average molecular weight is 256 g/mol. The van der Waals surface area contributed by atoms with Gasteiger partial charge in [-0.05, 0) is 17.7 Å². The predicted molar refractivity (Wildman–Crippen MR) is 60.2 cm³/mol. The molecule has 0 radical (unpaired) electrons. The summed E-state index contributed by atoms with van der Waals surface area (Å²) >= 11 is 3.43. The smallest absolute Gasteiger partial charge is 0.0825 e. The van der Waals surface area contributed by atoms with Crippen molar-refractivity contribution in [2.75, 3.05) is 20.2 Å². The maximum Gasteiger partial charge on any atom is 0.0825 e. The second-order valence-electron chi connectivity index (χ2n) is 3.68. The van der Waals surface area contributed by atoms with Gasteiger partial charge in [0.05, 0.1) is 6.10 Å². The van der Waals surface area contributed by atoms with Crippen LogP contribution in [-0.4, -0.2) is 31.2 Å². The largest absolute Gasteiger partial charge is 0.379 e. The lowest BCUT2D eigenvalue weighted by Crippen LogP contribution is -2.50. The fourth-order valence-corrected chi connectivity index (χ4v) is 1.91. The first kappa shape index (κ1) is 10.1. The molecule has 1 aliphatic rings. The van der Waals surface area contributed by atoms with Gasteiger partial charge in [0.2, 0.25) is 0 Å². The van der Waals surface area contributed by atoms with Crippen LogP contribution in [0.25, 0.3) is 0 Å². The third-order valence-corrected chi connectivity index (χ3v) is 3.11. The van der Waals surface area contributed by atoms with Gasteiger partial charge in [0, 0.05) is 31.2 Å². The third-order valence-electron chi connectivity index (χ3n) is 2.58. The minimum Gasteiger partial charge on any atom is -0.379 e. The van der Waals surface area contributed by atoms with Gasteiger partial charge < -0.3 is 4.74 Å². The zero-order chi connectivity index (χ0) is 9.97. The molecular formula is C11H14BrNO. The molecular weight excluding hydrogens is 242 g/mol. The van der Waals surface area contributed by atoms with E-state index in [9.17, 15) is 0 Å². The highest BCUT2D eigenvalue weighted by Gasteiger charge is 2.25. The van der Waals surface area contributed by atoms with E-state index in [1.807, 2.05) is 0 Å². The van der Waals surface area contributed by atoms with E-state index in [4.69, 9.17) is 4.74 Å². The number of ether oxygens (including phenoxy) is 1. The summed E-state index contributed by atoms with van der Waals surface area (Å²) in [7, 11) is 1.78. The van der Waals surface area contributed by atoms with Crippen LogP contribution in [0.3, 0.4) is 0 Å². The molecule has 0 atom stereocenters. The second-order valence-corrected chi connectivity index (χ2v) is 4.59. The number of nitrogens with zero attached hydrogens (tertiary/aromatic N) is 1. The molecule has 0 N–H and O–H groups in total. The van der Waals surface area contributed by atoms with Crippen molar-refractivity contribution < 1.29 is 4.74 Å². The highest BCUT2D eigenvalue weighted by atomic mass is 79.9. The number of methoxy groups -OCH3 is 1. The monoisotopic (exact) mass is 255 g/mol. The standard InChI is InChI=1S/C11H14BrNO/c1-14-11-7-13(8-11)6-9-2-4-10(12)5-3-9/h2-5,11H,6-8H2,1H3. The molecule has 0 saturated carbocycles. The lowest BCUT2D eigenvalue weighted by molar-refractivity contribution is -0.0333. The van der Waals surface area contributed by atoms with Gasteiger partial charge in [-0.25, -0.2) is 0 Å².